The second-order valence-corrected chi connectivity index (χ2v) is 5.97. The molecule has 0 saturated heterocycles. The van der Waals surface area contributed by atoms with E-state index in [9.17, 15) is 9.59 Å². The molecular formula is C19H20ClN3O2. The van der Waals surface area contributed by atoms with Crippen LogP contribution in [0.5, 0.6) is 0 Å². The molecule has 0 aromatic heterocycles. The quantitative estimate of drug-likeness (QED) is 0.743. The summed E-state index contributed by atoms with van der Waals surface area (Å²) in [5.74, 6) is 0. The van der Waals surface area contributed by atoms with Crippen molar-refractivity contribution in [2.45, 2.75) is 6.92 Å². The molecule has 0 aliphatic heterocycles. The Balaban J connectivity index is 2.57. The maximum atomic E-state index is 11.2. The van der Waals surface area contributed by atoms with Crippen molar-refractivity contribution in [1.29, 1.82) is 0 Å². The Morgan fingerprint density at radius 1 is 1.20 bits per heavy atom. The first kappa shape index (κ1) is 18.5. The predicted molar refractivity (Wildman–Crippen MR) is 102 cm³/mol. The molecule has 5 nitrogen and oxygen atoms in total. The number of nitrogens with zero attached hydrogens (tertiary/aromatic N) is 1. The Morgan fingerprint density at radius 3 is 2.44 bits per heavy atom. The molecule has 0 aliphatic carbocycles. The van der Waals surface area contributed by atoms with E-state index in [0.29, 0.717) is 22.0 Å². The molecule has 0 amide bonds. The summed E-state index contributed by atoms with van der Waals surface area (Å²) >= 11 is 5.96. The Labute approximate surface area is 152 Å². The van der Waals surface area contributed by atoms with E-state index < -0.39 is 0 Å². The number of hydrogen-bond donors (Lipinski definition) is 2. The molecule has 0 atom stereocenters. The standard InChI is InChI=1S/C19H20ClN3O2/c1-13(21)19(22-9-10-24)17-8-3-14(12-25)11-18(17)23(2)16-6-4-15(20)5-7-16/h3-8,10-12,22H,9,21H2,1-2H3/b19-13-. The zero-order valence-electron chi connectivity index (χ0n) is 14.1. The third-order valence-electron chi connectivity index (χ3n) is 3.76. The Morgan fingerprint density at radius 2 is 1.88 bits per heavy atom. The lowest BCUT2D eigenvalue weighted by Gasteiger charge is -2.25. The summed E-state index contributed by atoms with van der Waals surface area (Å²) in [6, 6.07) is 12.7. The topological polar surface area (TPSA) is 75.4 Å². The van der Waals surface area contributed by atoms with Crippen LogP contribution in [0.25, 0.3) is 5.70 Å². The van der Waals surface area contributed by atoms with E-state index in [0.717, 1.165) is 29.5 Å². The predicted octanol–water partition coefficient (Wildman–Crippen LogP) is 3.36. The van der Waals surface area contributed by atoms with E-state index in [-0.39, 0.29) is 6.54 Å². The van der Waals surface area contributed by atoms with Gasteiger partial charge in [0.05, 0.1) is 17.9 Å². The fourth-order valence-electron chi connectivity index (χ4n) is 2.51. The normalized spacial score (nSPS) is 11.5. The van der Waals surface area contributed by atoms with Gasteiger partial charge in [-0.3, -0.25) is 4.79 Å². The van der Waals surface area contributed by atoms with E-state index in [2.05, 4.69) is 5.32 Å². The molecule has 130 valence electrons. The zero-order valence-corrected chi connectivity index (χ0v) is 14.9. The van der Waals surface area contributed by atoms with Crippen LogP contribution in [-0.2, 0) is 4.79 Å². The first-order valence-corrected chi connectivity index (χ1v) is 8.08. The molecule has 6 heteroatoms. The molecular weight excluding hydrogens is 338 g/mol. The van der Waals surface area contributed by atoms with Gasteiger partial charge in [-0.25, -0.2) is 0 Å². The summed E-state index contributed by atoms with van der Waals surface area (Å²) in [4.78, 5) is 23.9. The molecule has 25 heavy (non-hydrogen) atoms. The van der Waals surface area contributed by atoms with Crippen LogP contribution < -0.4 is 16.0 Å². The van der Waals surface area contributed by atoms with E-state index in [1.807, 2.05) is 30.1 Å². The molecule has 0 fully saturated rings. The van der Waals surface area contributed by atoms with Crippen molar-refractivity contribution in [3.05, 3.63) is 64.3 Å². The van der Waals surface area contributed by atoms with Crippen LogP contribution in [0, 0.1) is 0 Å². The molecule has 0 bridgehead atoms. The Hall–Kier alpha value is -2.79. The number of rotatable bonds is 7. The van der Waals surface area contributed by atoms with Gasteiger partial charge in [-0.05, 0) is 37.3 Å². The van der Waals surface area contributed by atoms with Gasteiger partial charge in [0.25, 0.3) is 0 Å². The van der Waals surface area contributed by atoms with Gasteiger partial charge >= 0.3 is 0 Å². The lowest BCUT2D eigenvalue weighted by Crippen LogP contribution is -2.21. The second kappa shape index (κ2) is 8.35. The van der Waals surface area contributed by atoms with Crippen molar-refractivity contribution in [2.24, 2.45) is 5.73 Å². The summed E-state index contributed by atoms with van der Waals surface area (Å²) in [6.45, 7) is 1.90. The number of aldehydes is 2. The molecule has 0 aliphatic rings. The van der Waals surface area contributed by atoms with Gasteiger partial charge in [-0.2, -0.15) is 0 Å². The summed E-state index contributed by atoms with van der Waals surface area (Å²) in [7, 11) is 1.89. The molecule has 2 aromatic rings. The first-order valence-electron chi connectivity index (χ1n) is 7.70. The van der Waals surface area contributed by atoms with Gasteiger partial charge < -0.3 is 20.7 Å². The lowest BCUT2D eigenvalue weighted by molar-refractivity contribution is -0.107. The minimum atomic E-state index is 0.142. The number of allylic oxidation sites excluding steroid dienone is 1. The molecule has 0 unspecified atom stereocenters. The number of anilines is 2. The summed E-state index contributed by atoms with van der Waals surface area (Å²) < 4.78 is 0. The maximum Gasteiger partial charge on any atom is 0.150 e. The van der Waals surface area contributed by atoms with Crippen LogP contribution >= 0.6 is 11.6 Å². The number of carbonyl (C=O) groups is 2. The number of halogens is 1. The number of carbonyl (C=O) groups excluding carboxylic acids is 2. The highest BCUT2D eigenvalue weighted by molar-refractivity contribution is 6.30. The van der Waals surface area contributed by atoms with Gasteiger partial charge in [-0.1, -0.05) is 23.7 Å². The third kappa shape index (κ3) is 4.39. The van der Waals surface area contributed by atoms with Crippen LogP contribution in [0.4, 0.5) is 11.4 Å². The molecule has 0 heterocycles. The SMILES string of the molecule is C/C(N)=C(/NCC=O)c1ccc(C=O)cc1N(C)c1ccc(Cl)cc1. The van der Waals surface area contributed by atoms with Crippen molar-refractivity contribution in [1.82, 2.24) is 5.32 Å². The molecule has 2 rings (SSSR count). The van der Waals surface area contributed by atoms with E-state index in [1.54, 1.807) is 31.2 Å². The Kier molecular flexibility index (Phi) is 6.19. The molecule has 3 N–H and O–H groups in total. The fourth-order valence-corrected chi connectivity index (χ4v) is 2.63. The average Bonchev–Trinajstić information content (AvgIpc) is 2.62. The minimum absolute atomic E-state index is 0.142. The number of benzene rings is 2. The van der Waals surface area contributed by atoms with Crippen molar-refractivity contribution in [3.8, 4) is 0 Å². The van der Waals surface area contributed by atoms with E-state index in [4.69, 9.17) is 17.3 Å². The van der Waals surface area contributed by atoms with Gasteiger partial charge in [-0.15, -0.1) is 0 Å². The van der Waals surface area contributed by atoms with Gasteiger partial charge in [0.2, 0.25) is 0 Å². The monoisotopic (exact) mass is 357 g/mol. The van der Waals surface area contributed by atoms with Crippen molar-refractivity contribution in [3.63, 3.8) is 0 Å². The first-order chi connectivity index (χ1) is 12.0. The maximum absolute atomic E-state index is 11.2. The highest BCUT2D eigenvalue weighted by Gasteiger charge is 2.15. The highest BCUT2D eigenvalue weighted by Crippen LogP contribution is 2.32. The van der Waals surface area contributed by atoms with Gasteiger partial charge in [0, 0.05) is 34.6 Å². The van der Waals surface area contributed by atoms with Crippen LogP contribution in [-0.4, -0.2) is 26.2 Å². The number of nitrogens with one attached hydrogen (secondary N) is 1. The third-order valence-corrected chi connectivity index (χ3v) is 4.01. The van der Waals surface area contributed by atoms with Gasteiger partial charge in [0.15, 0.2) is 0 Å². The Bertz CT molecular complexity index is 797. The summed E-state index contributed by atoms with van der Waals surface area (Å²) in [5.41, 5.74) is 10.2. The van der Waals surface area contributed by atoms with Gasteiger partial charge in [0.1, 0.15) is 12.6 Å². The molecule has 0 radical (unpaired) electrons. The van der Waals surface area contributed by atoms with Crippen LogP contribution in [0.15, 0.2) is 48.2 Å². The second-order valence-electron chi connectivity index (χ2n) is 5.54. The van der Waals surface area contributed by atoms with E-state index >= 15 is 0 Å². The molecule has 2 aromatic carbocycles. The summed E-state index contributed by atoms with van der Waals surface area (Å²) in [6.07, 6.45) is 1.56. The molecule has 0 spiro atoms. The van der Waals surface area contributed by atoms with E-state index in [1.165, 1.54) is 0 Å². The molecule has 0 saturated carbocycles. The lowest BCUT2D eigenvalue weighted by atomic mass is 10.0. The van der Waals surface area contributed by atoms with Crippen molar-refractivity contribution >= 4 is 41.2 Å². The van der Waals surface area contributed by atoms with Crippen LogP contribution in [0.3, 0.4) is 0 Å². The summed E-state index contributed by atoms with van der Waals surface area (Å²) in [5, 5.41) is 3.67. The number of hydrogen-bond acceptors (Lipinski definition) is 5. The minimum Gasteiger partial charge on any atom is -0.401 e. The average molecular weight is 358 g/mol. The van der Waals surface area contributed by atoms with Crippen molar-refractivity contribution < 1.29 is 9.59 Å². The zero-order chi connectivity index (χ0) is 18.4. The van der Waals surface area contributed by atoms with Crippen molar-refractivity contribution in [2.75, 3.05) is 18.5 Å². The fraction of sp³-hybridized carbons (Fsp3) is 0.158. The largest absolute Gasteiger partial charge is 0.401 e. The van der Waals surface area contributed by atoms with Crippen LogP contribution in [0.2, 0.25) is 5.02 Å². The smallest absolute Gasteiger partial charge is 0.150 e. The van der Waals surface area contributed by atoms with Crippen LogP contribution in [0.1, 0.15) is 22.8 Å². The highest BCUT2D eigenvalue weighted by atomic mass is 35.5. The number of nitrogens with two attached hydrogens (primary N) is 1.